The summed E-state index contributed by atoms with van der Waals surface area (Å²) in [5.41, 5.74) is 12.7. The van der Waals surface area contributed by atoms with Crippen LogP contribution in [-0.4, -0.2) is 50.4 Å². The Bertz CT molecular complexity index is 691. The predicted octanol–water partition coefficient (Wildman–Crippen LogP) is 1.50. The van der Waals surface area contributed by atoms with Crippen molar-refractivity contribution < 1.29 is 9.18 Å². The summed E-state index contributed by atoms with van der Waals surface area (Å²) in [5, 5.41) is 0. The minimum absolute atomic E-state index is 0.169. The van der Waals surface area contributed by atoms with Gasteiger partial charge in [0.05, 0.1) is 5.69 Å². The van der Waals surface area contributed by atoms with Crippen molar-refractivity contribution in [3.63, 3.8) is 0 Å². The van der Waals surface area contributed by atoms with E-state index in [1.54, 1.807) is 19.2 Å². The zero-order valence-corrected chi connectivity index (χ0v) is 15.5. The van der Waals surface area contributed by atoms with Crippen LogP contribution in [0.25, 0.3) is 0 Å². The first kappa shape index (κ1) is 20.1. The van der Waals surface area contributed by atoms with Gasteiger partial charge in [0, 0.05) is 26.3 Å². The van der Waals surface area contributed by atoms with E-state index in [2.05, 4.69) is 16.8 Å². The Hall–Kier alpha value is -2.25. The molecule has 0 saturated carbocycles. The number of aliphatic imine (C=N–C) groups is 1. The van der Waals surface area contributed by atoms with Crippen LogP contribution in [0, 0.1) is 11.2 Å². The SMILES string of the molecule is CN=C(N)/C=C\N(C=O)c1ccc(CCN2CCC(C)(CN)C2)c(F)c1. The molecule has 1 heterocycles. The van der Waals surface area contributed by atoms with Crippen molar-refractivity contribution in [1.29, 1.82) is 0 Å². The van der Waals surface area contributed by atoms with Crippen molar-refractivity contribution in [2.75, 3.05) is 38.1 Å². The molecule has 1 aromatic rings. The van der Waals surface area contributed by atoms with Gasteiger partial charge in [-0.15, -0.1) is 0 Å². The summed E-state index contributed by atoms with van der Waals surface area (Å²) in [6.07, 6.45) is 5.25. The minimum Gasteiger partial charge on any atom is -0.384 e. The van der Waals surface area contributed by atoms with Crippen LogP contribution in [0.5, 0.6) is 0 Å². The topological polar surface area (TPSA) is 88.0 Å². The summed E-state index contributed by atoms with van der Waals surface area (Å²) in [7, 11) is 1.55. The Labute approximate surface area is 154 Å². The summed E-state index contributed by atoms with van der Waals surface area (Å²) in [4.78, 5) is 18.6. The van der Waals surface area contributed by atoms with E-state index < -0.39 is 0 Å². The van der Waals surface area contributed by atoms with Crippen LogP contribution in [0.1, 0.15) is 18.9 Å². The van der Waals surface area contributed by atoms with Crippen LogP contribution in [0.3, 0.4) is 0 Å². The molecule has 1 fully saturated rings. The molecular weight excluding hydrogens is 333 g/mol. The van der Waals surface area contributed by atoms with Gasteiger partial charge in [-0.3, -0.25) is 14.7 Å². The number of nitrogens with zero attached hydrogens (tertiary/aromatic N) is 3. The minimum atomic E-state index is -0.319. The summed E-state index contributed by atoms with van der Waals surface area (Å²) in [6, 6.07) is 4.82. The van der Waals surface area contributed by atoms with Gasteiger partial charge in [-0.2, -0.15) is 0 Å². The second-order valence-electron chi connectivity index (χ2n) is 7.04. The summed E-state index contributed by atoms with van der Waals surface area (Å²) < 4.78 is 14.5. The van der Waals surface area contributed by atoms with Crippen molar-refractivity contribution in [2.45, 2.75) is 19.8 Å². The van der Waals surface area contributed by atoms with E-state index >= 15 is 0 Å². The molecule has 7 heteroatoms. The molecule has 1 amide bonds. The standard InChI is InChI=1S/C19H28FN5O/c1-19(12-21)7-10-24(13-19)8-5-15-3-4-16(11-17(15)20)25(14-26)9-6-18(22)23-2/h3-4,6,9,11,14H,5,7-8,10,12-13,21H2,1-2H3,(H2,22,23)/b9-6-. The molecule has 0 bridgehead atoms. The average Bonchev–Trinajstić information content (AvgIpc) is 3.03. The summed E-state index contributed by atoms with van der Waals surface area (Å²) in [6.45, 7) is 5.62. The molecule has 142 valence electrons. The van der Waals surface area contributed by atoms with Gasteiger partial charge in [0.1, 0.15) is 11.7 Å². The molecule has 1 aliphatic rings. The molecule has 2 rings (SSSR count). The molecule has 4 N–H and O–H groups in total. The second-order valence-corrected chi connectivity index (χ2v) is 7.04. The van der Waals surface area contributed by atoms with E-state index in [1.807, 2.05) is 0 Å². The first-order valence-electron chi connectivity index (χ1n) is 8.76. The van der Waals surface area contributed by atoms with Gasteiger partial charge in [-0.1, -0.05) is 13.0 Å². The van der Waals surface area contributed by atoms with Crippen molar-refractivity contribution in [3.8, 4) is 0 Å². The van der Waals surface area contributed by atoms with E-state index in [9.17, 15) is 9.18 Å². The molecule has 0 aromatic heterocycles. The fourth-order valence-corrected chi connectivity index (χ4v) is 3.07. The van der Waals surface area contributed by atoms with Crippen LogP contribution in [0.15, 0.2) is 35.5 Å². The largest absolute Gasteiger partial charge is 0.384 e. The molecule has 1 saturated heterocycles. The van der Waals surface area contributed by atoms with Crippen LogP contribution >= 0.6 is 0 Å². The molecular formula is C19H28FN5O. The van der Waals surface area contributed by atoms with Gasteiger partial charge in [-0.25, -0.2) is 4.39 Å². The zero-order valence-electron chi connectivity index (χ0n) is 15.5. The number of carbonyl (C=O) groups is 1. The third-order valence-electron chi connectivity index (χ3n) is 4.94. The number of rotatable bonds is 8. The number of anilines is 1. The fraction of sp³-hybridized carbons (Fsp3) is 0.474. The Kier molecular flexibility index (Phi) is 6.88. The predicted molar refractivity (Wildman–Crippen MR) is 104 cm³/mol. The van der Waals surface area contributed by atoms with Crippen LogP contribution in [0.2, 0.25) is 0 Å². The normalized spacial score (nSPS) is 21.5. The molecule has 0 aliphatic carbocycles. The van der Waals surface area contributed by atoms with E-state index in [4.69, 9.17) is 11.5 Å². The van der Waals surface area contributed by atoms with Crippen molar-refractivity contribution in [2.24, 2.45) is 21.9 Å². The maximum absolute atomic E-state index is 14.5. The number of halogens is 1. The zero-order chi connectivity index (χ0) is 19.2. The van der Waals surface area contributed by atoms with Crippen molar-refractivity contribution >= 4 is 17.9 Å². The van der Waals surface area contributed by atoms with Crippen molar-refractivity contribution in [1.82, 2.24) is 4.90 Å². The Balaban J connectivity index is 2.00. The molecule has 1 aromatic carbocycles. The highest BCUT2D eigenvalue weighted by molar-refractivity contribution is 5.92. The number of amides is 1. The molecule has 1 aliphatic heterocycles. The third-order valence-corrected chi connectivity index (χ3v) is 4.94. The fourth-order valence-electron chi connectivity index (χ4n) is 3.07. The van der Waals surface area contributed by atoms with Crippen LogP contribution in [0.4, 0.5) is 10.1 Å². The summed E-state index contributed by atoms with van der Waals surface area (Å²) >= 11 is 0. The number of carbonyl (C=O) groups excluding carboxylic acids is 1. The van der Waals surface area contributed by atoms with Crippen molar-refractivity contribution in [3.05, 3.63) is 41.9 Å². The van der Waals surface area contributed by atoms with E-state index in [0.717, 1.165) is 26.1 Å². The Morgan fingerprint density at radius 3 is 2.85 bits per heavy atom. The lowest BCUT2D eigenvalue weighted by Gasteiger charge is -2.22. The molecule has 26 heavy (non-hydrogen) atoms. The molecule has 1 atom stereocenters. The van der Waals surface area contributed by atoms with Gasteiger partial charge in [0.2, 0.25) is 6.41 Å². The number of hydrogen-bond donors (Lipinski definition) is 2. The maximum Gasteiger partial charge on any atom is 0.218 e. The second kappa shape index (κ2) is 8.91. The first-order valence-corrected chi connectivity index (χ1v) is 8.76. The quantitative estimate of drug-likeness (QED) is 0.417. The van der Waals surface area contributed by atoms with Crippen LogP contribution in [-0.2, 0) is 11.2 Å². The lowest BCUT2D eigenvalue weighted by molar-refractivity contribution is -0.106. The van der Waals surface area contributed by atoms with E-state index in [-0.39, 0.29) is 17.1 Å². The lowest BCUT2D eigenvalue weighted by atomic mass is 9.90. The first-order chi connectivity index (χ1) is 12.4. The number of hydrogen-bond acceptors (Lipinski definition) is 4. The van der Waals surface area contributed by atoms with E-state index in [1.165, 1.54) is 23.2 Å². The maximum atomic E-state index is 14.5. The highest BCUT2D eigenvalue weighted by Gasteiger charge is 2.32. The number of likely N-dealkylation sites (tertiary alicyclic amines) is 1. The van der Waals surface area contributed by atoms with Gasteiger partial charge >= 0.3 is 0 Å². The number of benzene rings is 1. The van der Waals surface area contributed by atoms with Crippen LogP contribution < -0.4 is 16.4 Å². The van der Waals surface area contributed by atoms with Gasteiger partial charge < -0.3 is 16.4 Å². The van der Waals surface area contributed by atoms with Gasteiger partial charge in [-0.05, 0) is 55.1 Å². The lowest BCUT2D eigenvalue weighted by Crippen LogP contribution is -2.32. The molecule has 1 unspecified atom stereocenters. The highest BCUT2D eigenvalue weighted by atomic mass is 19.1. The average molecular weight is 361 g/mol. The van der Waals surface area contributed by atoms with Gasteiger partial charge in [0.25, 0.3) is 0 Å². The molecule has 0 spiro atoms. The number of amidine groups is 1. The molecule has 0 radical (unpaired) electrons. The summed E-state index contributed by atoms with van der Waals surface area (Å²) in [5.74, 6) is -0.0373. The molecule has 6 nitrogen and oxygen atoms in total. The van der Waals surface area contributed by atoms with E-state index in [0.29, 0.717) is 30.6 Å². The third kappa shape index (κ3) is 5.12. The van der Waals surface area contributed by atoms with Gasteiger partial charge in [0.15, 0.2) is 0 Å². The smallest absolute Gasteiger partial charge is 0.218 e. The Morgan fingerprint density at radius 2 is 2.27 bits per heavy atom. The number of nitrogens with two attached hydrogens (primary N) is 2. The highest BCUT2D eigenvalue weighted by Crippen LogP contribution is 2.28. The Morgan fingerprint density at radius 1 is 1.50 bits per heavy atom. The monoisotopic (exact) mass is 361 g/mol.